The molecule has 1 fully saturated rings. The third-order valence-electron chi connectivity index (χ3n) is 5.95. The number of ether oxygens (including phenoxy) is 1. The van der Waals surface area contributed by atoms with Crippen LogP contribution in [0.5, 0.6) is 0 Å². The zero-order valence-corrected chi connectivity index (χ0v) is 18.8. The number of carbonyl (C=O) groups excluding carboxylic acids is 2. The van der Waals surface area contributed by atoms with Gasteiger partial charge < -0.3 is 15.0 Å². The lowest BCUT2D eigenvalue weighted by Crippen LogP contribution is -2.52. The molecule has 4 rings (SSSR count). The van der Waals surface area contributed by atoms with Crippen molar-refractivity contribution in [3.63, 3.8) is 0 Å². The summed E-state index contributed by atoms with van der Waals surface area (Å²) in [4.78, 5) is 27.2. The van der Waals surface area contributed by atoms with Crippen molar-refractivity contribution in [3.05, 3.63) is 70.8 Å². The predicted octanol–water partition coefficient (Wildman–Crippen LogP) is 3.73. The van der Waals surface area contributed by atoms with Crippen LogP contribution in [0.2, 0.25) is 0 Å². The van der Waals surface area contributed by atoms with Gasteiger partial charge in [0.1, 0.15) is 6.61 Å². The molecule has 2 aromatic carbocycles. The summed E-state index contributed by atoms with van der Waals surface area (Å²) in [5.41, 5.74) is 2.26. The highest BCUT2D eigenvalue weighted by atomic mass is 19.4. The van der Waals surface area contributed by atoms with Crippen LogP contribution in [0.25, 0.3) is 0 Å². The van der Waals surface area contributed by atoms with Crippen molar-refractivity contribution in [2.45, 2.75) is 32.1 Å². The van der Waals surface area contributed by atoms with Gasteiger partial charge >= 0.3 is 12.2 Å². The first-order chi connectivity index (χ1) is 16.1. The summed E-state index contributed by atoms with van der Waals surface area (Å²) in [6, 6.07) is 10.9. The average molecular weight is 474 g/mol. The van der Waals surface area contributed by atoms with E-state index in [0.29, 0.717) is 24.4 Å². The minimum absolute atomic E-state index is 0.0190. The number of urea groups is 1. The van der Waals surface area contributed by atoms with E-state index < -0.39 is 29.9 Å². The molecule has 2 atom stereocenters. The Labute approximate surface area is 195 Å². The molecule has 0 bridgehead atoms. The second kappa shape index (κ2) is 9.46. The van der Waals surface area contributed by atoms with Gasteiger partial charge in [-0.3, -0.25) is 4.79 Å². The number of rotatable bonds is 4. The summed E-state index contributed by atoms with van der Waals surface area (Å²) in [5, 5.41) is 8.58. The van der Waals surface area contributed by atoms with E-state index in [1.165, 1.54) is 17.1 Å². The first-order valence-corrected chi connectivity index (χ1v) is 10.9. The number of amides is 3. The highest BCUT2D eigenvalue weighted by Crippen LogP contribution is 2.30. The van der Waals surface area contributed by atoms with E-state index in [9.17, 15) is 22.8 Å². The maximum Gasteiger partial charge on any atom is 0.416 e. The topological polar surface area (TPSA) is 74.2 Å². The van der Waals surface area contributed by atoms with Crippen LogP contribution in [0.3, 0.4) is 0 Å². The van der Waals surface area contributed by atoms with E-state index in [2.05, 4.69) is 10.4 Å². The minimum Gasteiger partial charge on any atom is -0.370 e. The smallest absolute Gasteiger partial charge is 0.370 e. The second-order valence-electron chi connectivity index (χ2n) is 8.38. The van der Waals surface area contributed by atoms with Crippen molar-refractivity contribution >= 4 is 17.6 Å². The molecule has 2 aliphatic heterocycles. The fourth-order valence-corrected chi connectivity index (χ4v) is 4.00. The molecule has 1 N–H and O–H groups in total. The first-order valence-electron chi connectivity index (χ1n) is 10.9. The molecule has 0 aromatic heterocycles. The standard InChI is InChI=1S/C24H25F3N4O3/c1-15-3-5-18(6-4-15)22-20(30-11-12-34-14-21(30)32)13-31(29-22)23(33)28-16(2)17-7-9-19(10-8-17)24(25,26)27/h3-10,16,20H,11-14H2,1-2H3,(H,28,33)/t16?,20-/m0/s1. The number of alkyl halides is 3. The Kier molecular flexibility index (Phi) is 6.60. The van der Waals surface area contributed by atoms with E-state index in [-0.39, 0.29) is 19.1 Å². The zero-order chi connectivity index (χ0) is 24.5. The summed E-state index contributed by atoms with van der Waals surface area (Å²) >= 11 is 0. The number of aryl methyl sites for hydroxylation is 1. The van der Waals surface area contributed by atoms with Crippen LogP contribution in [0, 0.1) is 6.92 Å². The van der Waals surface area contributed by atoms with Crippen LogP contribution in [-0.4, -0.2) is 59.9 Å². The lowest BCUT2D eigenvalue weighted by molar-refractivity contribution is -0.144. The van der Waals surface area contributed by atoms with Gasteiger partial charge in [0, 0.05) is 6.54 Å². The van der Waals surface area contributed by atoms with Gasteiger partial charge in [-0.1, -0.05) is 42.0 Å². The molecule has 0 aliphatic carbocycles. The zero-order valence-electron chi connectivity index (χ0n) is 18.8. The summed E-state index contributed by atoms with van der Waals surface area (Å²) < 4.78 is 43.7. The number of nitrogens with zero attached hydrogens (tertiary/aromatic N) is 3. The molecule has 0 spiro atoms. The molecule has 0 saturated carbocycles. The van der Waals surface area contributed by atoms with Gasteiger partial charge in [-0.15, -0.1) is 0 Å². The van der Waals surface area contributed by atoms with Crippen LogP contribution in [0.4, 0.5) is 18.0 Å². The number of hydrogen-bond acceptors (Lipinski definition) is 4. The van der Waals surface area contributed by atoms with E-state index in [1.807, 2.05) is 31.2 Å². The Bertz CT molecular complexity index is 1080. The van der Waals surface area contributed by atoms with E-state index in [4.69, 9.17) is 4.74 Å². The molecule has 7 nitrogen and oxygen atoms in total. The Balaban J connectivity index is 1.52. The number of carbonyl (C=O) groups is 2. The van der Waals surface area contributed by atoms with Gasteiger partial charge in [-0.25, -0.2) is 9.80 Å². The lowest BCUT2D eigenvalue weighted by Gasteiger charge is -2.33. The quantitative estimate of drug-likeness (QED) is 0.734. The minimum atomic E-state index is -4.42. The van der Waals surface area contributed by atoms with Gasteiger partial charge in [0.25, 0.3) is 0 Å². The number of hydrogen-bond donors (Lipinski definition) is 1. The number of benzene rings is 2. The van der Waals surface area contributed by atoms with Crippen molar-refractivity contribution in [2.24, 2.45) is 5.10 Å². The lowest BCUT2D eigenvalue weighted by atomic mass is 10.0. The maximum atomic E-state index is 13.0. The van der Waals surface area contributed by atoms with Crippen LogP contribution in [0.1, 0.15) is 35.2 Å². The molecule has 10 heteroatoms. The number of halogens is 3. The molecule has 180 valence electrons. The Hall–Kier alpha value is -3.40. The largest absolute Gasteiger partial charge is 0.416 e. The normalized spacial score (nSPS) is 19.7. The monoisotopic (exact) mass is 474 g/mol. The fraction of sp³-hybridized carbons (Fsp3) is 0.375. The van der Waals surface area contributed by atoms with Crippen LogP contribution < -0.4 is 5.32 Å². The highest BCUT2D eigenvalue weighted by Gasteiger charge is 2.38. The molecule has 1 saturated heterocycles. The van der Waals surface area contributed by atoms with Gasteiger partial charge in [-0.2, -0.15) is 18.3 Å². The summed E-state index contributed by atoms with van der Waals surface area (Å²) in [6.45, 7) is 4.59. The molecule has 0 radical (unpaired) electrons. The van der Waals surface area contributed by atoms with Gasteiger partial charge in [0.05, 0.1) is 36.5 Å². The molecule has 3 amide bonds. The van der Waals surface area contributed by atoms with Crippen molar-refractivity contribution in [1.82, 2.24) is 15.2 Å². The van der Waals surface area contributed by atoms with Crippen LogP contribution in [-0.2, 0) is 15.7 Å². The van der Waals surface area contributed by atoms with Crippen LogP contribution >= 0.6 is 0 Å². The molecular formula is C24H25F3N4O3. The summed E-state index contributed by atoms with van der Waals surface area (Å²) in [5.74, 6) is -0.170. The Morgan fingerprint density at radius 1 is 1.15 bits per heavy atom. The average Bonchev–Trinajstić information content (AvgIpc) is 3.25. The SMILES string of the molecule is Cc1ccc(C2=NN(C(=O)NC(C)c3ccc(C(F)(F)F)cc3)C[C@@H]2N2CCOCC2=O)cc1. The highest BCUT2D eigenvalue weighted by molar-refractivity contribution is 6.08. The molecule has 2 aliphatic rings. The molecule has 1 unspecified atom stereocenters. The summed E-state index contributed by atoms with van der Waals surface area (Å²) in [7, 11) is 0. The van der Waals surface area contributed by atoms with Crippen molar-refractivity contribution in [3.8, 4) is 0 Å². The second-order valence-corrected chi connectivity index (χ2v) is 8.38. The third-order valence-corrected chi connectivity index (χ3v) is 5.95. The van der Waals surface area contributed by atoms with Crippen molar-refractivity contribution in [1.29, 1.82) is 0 Å². The van der Waals surface area contributed by atoms with E-state index in [0.717, 1.165) is 23.3 Å². The third kappa shape index (κ3) is 5.06. The van der Waals surface area contributed by atoms with Gasteiger partial charge in [-0.05, 0) is 37.1 Å². The number of nitrogens with one attached hydrogen (secondary N) is 1. The molecule has 2 aromatic rings. The maximum absolute atomic E-state index is 13.0. The van der Waals surface area contributed by atoms with Gasteiger partial charge in [0.2, 0.25) is 5.91 Å². The summed E-state index contributed by atoms with van der Waals surface area (Å²) in [6.07, 6.45) is -4.42. The molecular weight excluding hydrogens is 449 g/mol. The van der Waals surface area contributed by atoms with Gasteiger partial charge in [0.15, 0.2) is 0 Å². The Morgan fingerprint density at radius 2 is 1.82 bits per heavy atom. The number of hydrazone groups is 1. The van der Waals surface area contributed by atoms with Crippen molar-refractivity contribution < 1.29 is 27.5 Å². The predicted molar refractivity (Wildman–Crippen MR) is 119 cm³/mol. The molecule has 2 heterocycles. The first kappa shape index (κ1) is 23.7. The van der Waals surface area contributed by atoms with E-state index in [1.54, 1.807) is 11.8 Å². The van der Waals surface area contributed by atoms with Crippen LogP contribution in [0.15, 0.2) is 53.6 Å². The Morgan fingerprint density at radius 3 is 2.44 bits per heavy atom. The molecule has 34 heavy (non-hydrogen) atoms. The van der Waals surface area contributed by atoms with E-state index >= 15 is 0 Å². The number of morpholine rings is 1. The fourth-order valence-electron chi connectivity index (χ4n) is 4.00. The van der Waals surface area contributed by atoms with Crippen molar-refractivity contribution in [2.75, 3.05) is 26.3 Å².